The summed E-state index contributed by atoms with van der Waals surface area (Å²) in [5, 5.41) is 0. The van der Waals surface area contributed by atoms with E-state index in [9.17, 15) is 0 Å². The smallest absolute Gasteiger partial charge is 0.0153 e. The lowest BCUT2D eigenvalue weighted by Gasteiger charge is -2.48. The molecule has 47 heavy (non-hydrogen) atoms. The quantitative estimate of drug-likeness (QED) is 0.277. The fourth-order valence-electron chi connectivity index (χ4n) is 6.57. The Balaban J connectivity index is 0.000000562. The van der Waals surface area contributed by atoms with Crippen LogP contribution in [0.25, 0.3) is 0 Å². The lowest BCUT2D eigenvalue weighted by atomic mass is 9.75. The first-order valence-electron chi connectivity index (χ1n) is 19.2. The number of rotatable bonds is 1. The minimum atomic E-state index is 0. The summed E-state index contributed by atoms with van der Waals surface area (Å²) in [5.74, 6) is 2.79. The molecule has 5 nitrogen and oxygen atoms in total. The van der Waals surface area contributed by atoms with Gasteiger partial charge in [-0.25, -0.2) is 0 Å². The molecule has 0 radical (unpaired) electrons. The van der Waals surface area contributed by atoms with Crippen molar-refractivity contribution in [2.45, 2.75) is 168 Å². The van der Waals surface area contributed by atoms with Gasteiger partial charge in [0.25, 0.3) is 0 Å². The van der Waals surface area contributed by atoms with Gasteiger partial charge in [-0.1, -0.05) is 76.7 Å². The van der Waals surface area contributed by atoms with Crippen LogP contribution >= 0.6 is 0 Å². The van der Waals surface area contributed by atoms with E-state index in [1.54, 1.807) is 0 Å². The second-order valence-corrected chi connectivity index (χ2v) is 21.2. The third-order valence-corrected chi connectivity index (χ3v) is 11.3. The third kappa shape index (κ3) is 16.6. The van der Waals surface area contributed by atoms with Crippen LogP contribution in [-0.4, -0.2) is 121 Å². The summed E-state index contributed by atoms with van der Waals surface area (Å²) in [7, 11) is 4.39. The first-order valence-corrected chi connectivity index (χ1v) is 19.2. The molecule has 0 spiro atoms. The largest absolute Gasteiger partial charge is 0.306 e. The first kappa shape index (κ1) is 46.8. The highest BCUT2D eigenvalue weighted by atomic mass is 15.2. The molecule has 0 aromatic rings. The summed E-state index contributed by atoms with van der Waals surface area (Å²) >= 11 is 0. The predicted molar refractivity (Wildman–Crippen MR) is 214 cm³/mol. The molecule has 5 fully saturated rings. The second kappa shape index (κ2) is 18.3. The van der Waals surface area contributed by atoms with E-state index in [1.807, 2.05) is 0 Å². The van der Waals surface area contributed by atoms with Crippen molar-refractivity contribution in [1.82, 2.24) is 24.5 Å². The van der Waals surface area contributed by atoms with Crippen LogP contribution in [-0.2, 0) is 0 Å². The van der Waals surface area contributed by atoms with Gasteiger partial charge in [-0.3, -0.25) is 9.80 Å². The van der Waals surface area contributed by atoms with E-state index in [-0.39, 0.29) is 7.43 Å². The molecule has 0 aliphatic carbocycles. The van der Waals surface area contributed by atoms with E-state index in [1.165, 1.54) is 71.7 Å². The Morgan fingerprint density at radius 1 is 0.532 bits per heavy atom. The van der Waals surface area contributed by atoms with E-state index >= 15 is 0 Å². The Morgan fingerprint density at radius 3 is 1.04 bits per heavy atom. The Kier molecular flexibility index (Phi) is 18.3. The molecule has 0 aromatic carbocycles. The zero-order chi connectivity index (χ0) is 36.1. The third-order valence-electron chi connectivity index (χ3n) is 11.3. The van der Waals surface area contributed by atoms with Crippen molar-refractivity contribution < 1.29 is 0 Å². The van der Waals surface area contributed by atoms with Crippen molar-refractivity contribution in [3.8, 4) is 0 Å². The molecule has 5 heteroatoms. The SMILES string of the molecule is C.CC(C)(C)N1CCC1.CC(C)N1CC(C(C)(C)C)C1.CC1CN(C(C)(C)C)C1.CN1CC(C(C)(C)C)C1.CN1CCC1C(C)(C)C. The average Bonchev–Trinajstić information content (AvgIpc) is 2.68. The Bertz CT molecular complexity index is 797. The minimum absolute atomic E-state index is 0. The molecular formula is C42H91N5. The number of likely N-dealkylation sites (tertiary alicyclic amines) is 5. The highest BCUT2D eigenvalue weighted by Crippen LogP contribution is 2.35. The molecule has 0 bridgehead atoms. The van der Waals surface area contributed by atoms with E-state index in [0.29, 0.717) is 27.3 Å². The van der Waals surface area contributed by atoms with Gasteiger partial charge in [-0.05, 0) is 136 Å². The minimum Gasteiger partial charge on any atom is -0.306 e. The highest BCUT2D eigenvalue weighted by Gasteiger charge is 2.37. The summed E-state index contributed by atoms with van der Waals surface area (Å²) in [4.78, 5) is 12.3. The summed E-state index contributed by atoms with van der Waals surface area (Å²) in [5.41, 5.74) is 2.38. The van der Waals surface area contributed by atoms with Crippen molar-refractivity contribution >= 4 is 0 Å². The van der Waals surface area contributed by atoms with Gasteiger partial charge in [-0.2, -0.15) is 0 Å². The summed E-state index contributed by atoms with van der Waals surface area (Å²) < 4.78 is 0. The molecular weight excluding hydrogens is 574 g/mol. The van der Waals surface area contributed by atoms with E-state index in [4.69, 9.17) is 0 Å². The van der Waals surface area contributed by atoms with Crippen molar-refractivity contribution in [3.05, 3.63) is 0 Å². The fourth-order valence-corrected chi connectivity index (χ4v) is 6.57. The van der Waals surface area contributed by atoms with E-state index in [2.05, 4.69) is 163 Å². The molecule has 1 unspecified atom stereocenters. The van der Waals surface area contributed by atoms with Crippen LogP contribution < -0.4 is 0 Å². The van der Waals surface area contributed by atoms with Crippen molar-refractivity contribution in [3.63, 3.8) is 0 Å². The monoisotopic (exact) mass is 666 g/mol. The van der Waals surface area contributed by atoms with Gasteiger partial charge in [0.1, 0.15) is 0 Å². The first-order chi connectivity index (χ1) is 20.5. The van der Waals surface area contributed by atoms with E-state index < -0.39 is 0 Å². The number of hydrogen-bond acceptors (Lipinski definition) is 5. The zero-order valence-corrected chi connectivity index (χ0v) is 35.4. The second-order valence-electron chi connectivity index (χ2n) is 21.2. The normalized spacial score (nSPS) is 24.1. The maximum absolute atomic E-state index is 2.54. The van der Waals surface area contributed by atoms with Crippen LogP contribution in [0.2, 0.25) is 0 Å². The van der Waals surface area contributed by atoms with Gasteiger partial charge in [0.05, 0.1) is 0 Å². The van der Waals surface area contributed by atoms with Gasteiger partial charge >= 0.3 is 0 Å². The molecule has 0 saturated carbocycles. The van der Waals surface area contributed by atoms with Gasteiger partial charge in [0.2, 0.25) is 0 Å². The van der Waals surface area contributed by atoms with Crippen molar-refractivity contribution in [2.75, 3.05) is 73.0 Å². The van der Waals surface area contributed by atoms with Gasteiger partial charge in [0.15, 0.2) is 0 Å². The molecule has 5 aliphatic rings. The molecule has 5 heterocycles. The molecule has 284 valence electrons. The maximum Gasteiger partial charge on any atom is 0.0153 e. The maximum atomic E-state index is 2.54. The van der Waals surface area contributed by atoms with E-state index in [0.717, 1.165) is 29.8 Å². The Hall–Kier alpha value is -0.200. The van der Waals surface area contributed by atoms with Gasteiger partial charge in [0, 0.05) is 62.4 Å². The molecule has 5 rings (SSSR count). The topological polar surface area (TPSA) is 16.2 Å². The van der Waals surface area contributed by atoms with Crippen molar-refractivity contribution in [2.24, 2.45) is 34.0 Å². The summed E-state index contributed by atoms with van der Waals surface area (Å²) in [6.45, 7) is 53.1. The molecule has 0 N–H and O–H groups in total. The number of hydrogen-bond donors (Lipinski definition) is 0. The highest BCUT2D eigenvalue weighted by molar-refractivity contribution is 4.90. The standard InChI is InChI=1S/C10H21N.3C8H17N.C7H15N.CH4/c1-8(2)11-6-9(7-11)10(3,4)5;1-8(2,3)7-5-9(4)6-7;1-7-5-9(6-7)8(2,3)4;1-8(2,3)7-5-6-9(7)4;1-7(2,3)8-5-4-6-8;/h8-9H,6-7H2,1-5H3;3*7H,5-6H2,1-4H3;4-6H2,1-3H3;1H4. The fraction of sp³-hybridized carbons (Fsp3) is 1.00. The summed E-state index contributed by atoms with van der Waals surface area (Å²) in [6, 6.07) is 1.58. The van der Waals surface area contributed by atoms with Crippen LogP contribution in [0.4, 0.5) is 0 Å². The van der Waals surface area contributed by atoms with Gasteiger partial charge in [-0.15, -0.1) is 0 Å². The molecule has 1 atom stereocenters. The van der Waals surface area contributed by atoms with Crippen LogP contribution in [0, 0.1) is 34.0 Å². The van der Waals surface area contributed by atoms with Crippen molar-refractivity contribution in [1.29, 1.82) is 0 Å². The zero-order valence-electron chi connectivity index (χ0n) is 35.4. The lowest BCUT2D eigenvalue weighted by molar-refractivity contribution is 0.00320. The molecule has 5 saturated heterocycles. The molecule has 0 amide bonds. The lowest BCUT2D eigenvalue weighted by Crippen LogP contribution is -2.54. The predicted octanol–water partition coefficient (Wildman–Crippen LogP) is 9.57. The Labute approximate surface area is 299 Å². The Morgan fingerprint density at radius 2 is 0.936 bits per heavy atom. The van der Waals surface area contributed by atoms with Crippen LogP contribution in [0.15, 0.2) is 0 Å². The van der Waals surface area contributed by atoms with Gasteiger partial charge < -0.3 is 14.7 Å². The molecule has 5 aliphatic heterocycles. The van der Waals surface area contributed by atoms with Crippen LogP contribution in [0.1, 0.15) is 145 Å². The summed E-state index contributed by atoms with van der Waals surface area (Å²) in [6.07, 6.45) is 2.79. The number of nitrogens with zero attached hydrogens (tertiary/aromatic N) is 5. The average molecular weight is 666 g/mol. The van der Waals surface area contributed by atoms with Crippen LogP contribution in [0.5, 0.6) is 0 Å². The molecule has 0 aromatic heterocycles. The van der Waals surface area contributed by atoms with Crippen LogP contribution in [0.3, 0.4) is 0 Å².